The summed E-state index contributed by atoms with van der Waals surface area (Å²) >= 11 is 0. The fraction of sp³-hybridized carbons (Fsp3) is 0.857. The van der Waals surface area contributed by atoms with Crippen LogP contribution in [-0.2, 0) is 4.74 Å². The van der Waals surface area contributed by atoms with E-state index in [2.05, 4.69) is 25.1 Å². The van der Waals surface area contributed by atoms with Crippen LogP contribution in [0.15, 0.2) is 0 Å². The monoisotopic (exact) mass is 223 g/mol. The quantitative estimate of drug-likeness (QED) is 0.529. The van der Waals surface area contributed by atoms with E-state index in [1.807, 2.05) is 0 Å². The number of unbranched alkanes of at least 4 members (excludes halogenated alkanes) is 1. The van der Waals surface area contributed by atoms with Crippen LogP contribution in [0.5, 0.6) is 0 Å². The molecule has 0 aromatic heterocycles. The third kappa shape index (κ3) is 3.81. The van der Waals surface area contributed by atoms with E-state index < -0.39 is 0 Å². The Morgan fingerprint density at radius 1 is 1.56 bits per heavy atom. The highest BCUT2D eigenvalue weighted by molar-refractivity contribution is 4.93. The van der Waals surface area contributed by atoms with E-state index >= 15 is 0 Å². The van der Waals surface area contributed by atoms with E-state index in [4.69, 9.17) is 11.2 Å². The Hall–Kier alpha value is -0.520. The molecule has 2 atom stereocenters. The highest BCUT2D eigenvalue weighted by atomic mass is 16.5. The van der Waals surface area contributed by atoms with E-state index in [0.29, 0.717) is 6.04 Å². The second-order valence-corrected chi connectivity index (χ2v) is 4.87. The van der Waals surface area contributed by atoms with E-state index in [1.165, 1.54) is 19.3 Å². The first-order valence-corrected chi connectivity index (χ1v) is 6.53. The van der Waals surface area contributed by atoms with Gasteiger partial charge >= 0.3 is 0 Å². The van der Waals surface area contributed by atoms with E-state index in [-0.39, 0.29) is 5.60 Å². The summed E-state index contributed by atoms with van der Waals surface area (Å²) in [5.74, 6) is 2.71. The molecule has 0 amide bonds. The minimum atomic E-state index is 0.0315. The van der Waals surface area contributed by atoms with Gasteiger partial charge in [-0.25, -0.2) is 0 Å². The predicted molar refractivity (Wildman–Crippen MR) is 68.4 cm³/mol. The van der Waals surface area contributed by atoms with Gasteiger partial charge in [0.15, 0.2) is 0 Å². The molecule has 0 saturated carbocycles. The number of nitrogens with one attached hydrogen (secondary N) is 1. The fourth-order valence-corrected chi connectivity index (χ4v) is 2.43. The molecule has 0 spiro atoms. The van der Waals surface area contributed by atoms with Crippen LogP contribution < -0.4 is 5.32 Å². The van der Waals surface area contributed by atoms with Crippen LogP contribution in [0, 0.1) is 12.3 Å². The average Bonchev–Trinajstić information content (AvgIpc) is 2.71. The van der Waals surface area contributed by atoms with Crippen molar-refractivity contribution in [1.29, 1.82) is 0 Å². The molecule has 0 aromatic carbocycles. The van der Waals surface area contributed by atoms with E-state index in [9.17, 15) is 0 Å². The molecule has 1 saturated heterocycles. The molecule has 2 unspecified atom stereocenters. The molecule has 0 bridgehead atoms. The lowest BCUT2D eigenvalue weighted by molar-refractivity contribution is -0.0141. The van der Waals surface area contributed by atoms with Crippen molar-refractivity contribution in [1.82, 2.24) is 5.32 Å². The highest BCUT2D eigenvalue weighted by Gasteiger charge is 2.37. The van der Waals surface area contributed by atoms with Gasteiger partial charge in [0.1, 0.15) is 0 Å². The summed E-state index contributed by atoms with van der Waals surface area (Å²) < 4.78 is 5.92. The van der Waals surface area contributed by atoms with Crippen molar-refractivity contribution in [2.24, 2.45) is 0 Å². The van der Waals surface area contributed by atoms with Gasteiger partial charge in [-0.1, -0.05) is 6.92 Å². The Bertz CT molecular complexity index is 225. The molecular formula is C14H25NO. The molecule has 1 rings (SSSR count). The Morgan fingerprint density at radius 3 is 2.94 bits per heavy atom. The summed E-state index contributed by atoms with van der Waals surface area (Å²) in [6, 6.07) is 0.461. The lowest BCUT2D eigenvalue weighted by Gasteiger charge is -2.34. The largest absolute Gasteiger partial charge is 0.374 e. The van der Waals surface area contributed by atoms with Gasteiger partial charge in [0.2, 0.25) is 0 Å². The van der Waals surface area contributed by atoms with Crippen molar-refractivity contribution in [2.75, 3.05) is 13.2 Å². The van der Waals surface area contributed by atoms with E-state index in [1.54, 1.807) is 0 Å². The number of rotatable bonds is 7. The van der Waals surface area contributed by atoms with Gasteiger partial charge < -0.3 is 10.1 Å². The Kier molecular flexibility index (Phi) is 5.87. The molecule has 2 nitrogen and oxygen atoms in total. The third-order valence-corrected chi connectivity index (χ3v) is 3.44. The van der Waals surface area contributed by atoms with E-state index in [0.717, 1.165) is 32.4 Å². The fourth-order valence-electron chi connectivity index (χ4n) is 2.43. The zero-order valence-corrected chi connectivity index (χ0v) is 10.7. The van der Waals surface area contributed by atoms with Crippen molar-refractivity contribution >= 4 is 0 Å². The summed E-state index contributed by atoms with van der Waals surface area (Å²) in [7, 11) is 0. The molecular weight excluding hydrogens is 198 g/mol. The first kappa shape index (κ1) is 13.5. The number of ether oxygens (including phenoxy) is 1. The first-order chi connectivity index (χ1) is 7.73. The maximum absolute atomic E-state index is 5.92. The summed E-state index contributed by atoms with van der Waals surface area (Å²) in [5, 5.41) is 3.62. The van der Waals surface area contributed by atoms with Crippen molar-refractivity contribution < 1.29 is 4.74 Å². The lowest BCUT2D eigenvalue weighted by Crippen LogP contribution is -2.48. The molecule has 0 aromatic rings. The SMILES string of the molecule is C#CCCCC(NCCC)C1(C)CCCO1. The van der Waals surface area contributed by atoms with Crippen LogP contribution in [0.3, 0.4) is 0 Å². The number of terminal acetylenes is 1. The minimum Gasteiger partial charge on any atom is -0.374 e. The van der Waals surface area contributed by atoms with Gasteiger partial charge in [-0.05, 0) is 45.6 Å². The molecule has 1 fully saturated rings. The van der Waals surface area contributed by atoms with Gasteiger partial charge in [-0.2, -0.15) is 0 Å². The second kappa shape index (κ2) is 6.93. The van der Waals surface area contributed by atoms with Gasteiger partial charge in [-0.3, -0.25) is 0 Å². The van der Waals surface area contributed by atoms with Crippen molar-refractivity contribution in [3.63, 3.8) is 0 Å². The standard InChI is InChI=1S/C14H25NO/c1-4-6-7-9-13(15-11-5-2)14(3)10-8-12-16-14/h1,13,15H,5-12H2,2-3H3. The van der Waals surface area contributed by atoms with Crippen LogP contribution in [0.25, 0.3) is 0 Å². The molecule has 1 aliphatic heterocycles. The summed E-state index contributed by atoms with van der Waals surface area (Å²) in [6.45, 7) is 6.42. The highest BCUT2D eigenvalue weighted by Crippen LogP contribution is 2.30. The summed E-state index contributed by atoms with van der Waals surface area (Å²) in [4.78, 5) is 0. The zero-order chi connectivity index (χ0) is 11.9. The van der Waals surface area contributed by atoms with Crippen molar-refractivity contribution in [3.8, 4) is 12.3 Å². The molecule has 1 aliphatic rings. The average molecular weight is 223 g/mol. The summed E-state index contributed by atoms with van der Waals surface area (Å²) in [5.41, 5.74) is 0.0315. The Balaban J connectivity index is 2.45. The zero-order valence-electron chi connectivity index (χ0n) is 10.7. The van der Waals surface area contributed by atoms with Crippen LogP contribution in [0.4, 0.5) is 0 Å². The lowest BCUT2D eigenvalue weighted by atomic mass is 9.89. The second-order valence-electron chi connectivity index (χ2n) is 4.87. The van der Waals surface area contributed by atoms with Crippen molar-refractivity contribution in [3.05, 3.63) is 0 Å². The first-order valence-electron chi connectivity index (χ1n) is 6.53. The Labute approximate surface area is 100 Å². The van der Waals surface area contributed by atoms with Crippen LogP contribution in [0.2, 0.25) is 0 Å². The predicted octanol–water partition coefficient (Wildman–Crippen LogP) is 2.73. The topological polar surface area (TPSA) is 21.3 Å². The maximum atomic E-state index is 5.92. The number of hydrogen-bond donors (Lipinski definition) is 1. The summed E-state index contributed by atoms with van der Waals surface area (Å²) in [6.07, 6.45) is 11.9. The molecule has 16 heavy (non-hydrogen) atoms. The number of hydrogen-bond acceptors (Lipinski definition) is 2. The molecule has 0 radical (unpaired) electrons. The van der Waals surface area contributed by atoms with Gasteiger partial charge in [0.05, 0.1) is 5.60 Å². The maximum Gasteiger partial charge on any atom is 0.0807 e. The van der Waals surface area contributed by atoms with Crippen LogP contribution in [-0.4, -0.2) is 24.8 Å². The van der Waals surface area contributed by atoms with Gasteiger partial charge in [0, 0.05) is 19.1 Å². The molecule has 1 N–H and O–H groups in total. The smallest absolute Gasteiger partial charge is 0.0807 e. The van der Waals surface area contributed by atoms with Crippen LogP contribution in [0.1, 0.15) is 52.4 Å². The molecule has 0 aliphatic carbocycles. The van der Waals surface area contributed by atoms with Crippen LogP contribution >= 0.6 is 0 Å². The molecule has 2 heteroatoms. The molecule has 1 heterocycles. The van der Waals surface area contributed by atoms with Crippen molar-refractivity contribution in [2.45, 2.75) is 64.0 Å². The van der Waals surface area contributed by atoms with Gasteiger partial charge in [-0.15, -0.1) is 12.3 Å². The minimum absolute atomic E-state index is 0.0315. The Morgan fingerprint density at radius 2 is 2.38 bits per heavy atom. The molecule has 92 valence electrons. The van der Waals surface area contributed by atoms with Gasteiger partial charge in [0.25, 0.3) is 0 Å². The third-order valence-electron chi connectivity index (χ3n) is 3.44. The normalized spacial score (nSPS) is 26.6.